The molecule has 1 aliphatic heterocycles. The molecule has 0 unspecified atom stereocenters. The molecule has 1 fully saturated rings. The van der Waals surface area contributed by atoms with Crippen molar-refractivity contribution in [2.24, 2.45) is 5.73 Å². The molecule has 0 amide bonds. The summed E-state index contributed by atoms with van der Waals surface area (Å²) < 4.78 is 31.5. The zero-order valence-corrected chi connectivity index (χ0v) is 14.3. The monoisotopic (exact) mass is 354 g/mol. The van der Waals surface area contributed by atoms with Crippen molar-refractivity contribution in [3.05, 3.63) is 15.8 Å². The Balaban J connectivity index is 0.00000220. The summed E-state index contributed by atoms with van der Waals surface area (Å²) in [4.78, 5) is 11.9. The topological polar surface area (TPSA) is 89.7 Å². The van der Waals surface area contributed by atoms with Crippen LogP contribution in [0.1, 0.15) is 28.1 Å². The number of thiophene rings is 1. The predicted molar refractivity (Wildman–Crippen MR) is 83.6 cm³/mol. The van der Waals surface area contributed by atoms with Gasteiger partial charge in [-0.1, -0.05) is 0 Å². The first kappa shape index (κ1) is 18.4. The highest BCUT2D eigenvalue weighted by molar-refractivity contribution is 7.89. The molecule has 0 spiro atoms. The number of methoxy groups -OCH3 is 1. The third kappa shape index (κ3) is 3.57. The second kappa shape index (κ2) is 7.06. The lowest BCUT2D eigenvalue weighted by Crippen LogP contribution is -2.43. The molecule has 1 aromatic rings. The molecular formula is C12H19ClN2O4S2. The molecule has 0 atom stereocenters. The number of hydrogen-bond donors (Lipinski definition) is 1. The maximum Gasteiger partial charge on any atom is 0.349 e. The quantitative estimate of drug-likeness (QED) is 0.828. The van der Waals surface area contributed by atoms with E-state index in [4.69, 9.17) is 5.73 Å². The number of piperidine rings is 1. The number of aryl methyl sites for hydroxylation is 1. The summed E-state index contributed by atoms with van der Waals surface area (Å²) in [6, 6.07) is 0.0464. The molecule has 2 heterocycles. The van der Waals surface area contributed by atoms with Crippen molar-refractivity contribution in [2.45, 2.75) is 30.7 Å². The normalized spacial score (nSPS) is 17.3. The standard InChI is InChI=1S/C12H18N2O4S2.ClH/c1-8-7-19-10(12(15)18-2)11(8)20(16,17)14-5-3-9(13)4-6-14;/h7,9H,3-6,13H2,1-2H3;1H. The summed E-state index contributed by atoms with van der Waals surface area (Å²) in [7, 11) is -2.43. The van der Waals surface area contributed by atoms with Gasteiger partial charge in [-0.05, 0) is 30.7 Å². The van der Waals surface area contributed by atoms with Crippen LogP contribution in [0.4, 0.5) is 0 Å². The molecule has 2 N–H and O–H groups in total. The Morgan fingerprint density at radius 3 is 2.52 bits per heavy atom. The molecule has 0 aromatic carbocycles. The van der Waals surface area contributed by atoms with Crippen LogP contribution in [-0.4, -0.2) is 44.9 Å². The number of ether oxygens (including phenoxy) is 1. The van der Waals surface area contributed by atoms with E-state index in [0.29, 0.717) is 31.5 Å². The highest BCUT2D eigenvalue weighted by Gasteiger charge is 2.34. The van der Waals surface area contributed by atoms with Crippen molar-refractivity contribution in [3.63, 3.8) is 0 Å². The molecule has 1 aliphatic rings. The minimum Gasteiger partial charge on any atom is -0.465 e. The van der Waals surface area contributed by atoms with Gasteiger partial charge < -0.3 is 10.5 Å². The summed E-state index contributed by atoms with van der Waals surface area (Å²) in [5.74, 6) is -0.615. The van der Waals surface area contributed by atoms with E-state index >= 15 is 0 Å². The molecule has 1 aromatic heterocycles. The van der Waals surface area contributed by atoms with Gasteiger partial charge in [-0.15, -0.1) is 23.7 Å². The Bertz CT molecular complexity index is 607. The third-order valence-electron chi connectivity index (χ3n) is 3.39. The molecule has 21 heavy (non-hydrogen) atoms. The Hall–Kier alpha value is -0.670. The fraction of sp³-hybridized carbons (Fsp3) is 0.583. The van der Waals surface area contributed by atoms with Gasteiger partial charge in [0.15, 0.2) is 0 Å². The number of sulfonamides is 1. The molecule has 1 saturated heterocycles. The summed E-state index contributed by atoms with van der Waals surface area (Å²) in [5.41, 5.74) is 6.37. The fourth-order valence-electron chi connectivity index (χ4n) is 2.23. The first-order chi connectivity index (χ1) is 9.37. The van der Waals surface area contributed by atoms with Gasteiger partial charge in [0.25, 0.3) is 0 Å². The van der Waals surface area contributed by atoms with Crippen molar-refractivity contribution in [3.8, 4) is 0 Å². The molecule has 120 valence electrons. The largest absolute Gasteiger partial charge is 0.465 e. The minimum atomic E-state index is -3.67. The maximum atomic E-state index is 12.7. The average molecular weight is 355 g/mol. The lowest BCUT2D eigenvalue weighted by atomic mass is 10.1. The van der Waals surface area contributed by atoms with Crippen LogP contribution in [0.3, 0.4) is 0 Å². The molecular weight excluding hydrogens is 336 g/mol. The first-order valence-corrected chi connectivity index (χ1v) is 8.62. The first-order valence-electron chi connectivity index (χ1n) is 6.30. The van der Waals surface area contributed by atoms with E-state index in [2.05, 4.69) is 4.74 Å². The Morgan fingerprint density at radius 1 is 1.43 bits per heavy atom. The molecule has 0 saturated carbocycles. The van der Waals surface area contributed by atoms with Crippen LogP contribution >= 0.6 is 23.7 Å². The molecule has 0 radical (unpaired) electrons. The van der Waals surface area contributed by atoms with Crippen molar-refractivity contribution in [1.82, 2.24) is 4.31 Å². The number of halogens is 1. The summed E-state index contributed by atoms with van der Waals surface area (Å²) in [5, 5.41) is 1.66. The lowest BCUT2D eigenvalue weighted by Gasteiger charge is -2.29. The second-order valence-electron chi connectivity index (χ2n) is 4.81. The number of carbonyl (C=O) groups is 1. The number of esters is 1. The minimum absolute atomic E-state index is 0. The number of nitrogens with zero attached hydrogens (tertiary/aromatic N) is 1. The third-order valence-corrected chi connectivity index (χ3v) is 6.68. The highest BCUT2D eigenvalue weighted by Crippen LogP contribution is 2.31. The molecule has 9 heteroatoms. The molecule has 0 bridgehead atoms. The van der Waals surface area contributed by atoms with E-state index in [-0.39, 0.29) is 28.2 Å². The lowest BCUT2D eigenvalue weighted by molar-refractivity contribution is 0.0602. The van der Waals surface area contributed by atoms with Crippen LogP contribution < -0.4 is 5.73 Å². The van der Waals surface area contributed by atoms with Crippen molar-refractivity contribution in [1.29, 1.82) is 0 Å². The fourth-order valence-corrected chi connectivity index (χ4v) is 5.36. The average Bonchev–Trinajstić information content (AvgIpc) is 2.81. The van der Waals surface area contributed by atoms with Crippen LogP contribution in [0.25, 0.3) is 0 Å². The van der Waals surface area contributed by atoms with Crippen LogP contribution in [-0.2, 0) is 14.8 Å². The van der Waals surface area contributed by atoms with Gasteiger partial charge in [-0.3, -0.25) is 0 Å². The van der Waals surface area contributed by atoms with E-state index in [1.54, 1.807) is 12.3 Å². The number of carbonyl (C=O) groups excluding carboxylic acids is 1. The van der Waals surface area contributed by atoms with Gasteiger partial charge >= 0.3 is 5.97 Å². The van der Waals surface area contributed by atoms with Crippen LogP contribution in [0.2, 0.25) is 0 Å². The highest BCUT2D eigenvalue weighted by atomic mass is 35.5. The predicted octanol–water partition coefficient (Wildman–Crippen LogP) is 1.38. The summed E-state index contributed by atoms with van der Waals surface area (Å²) in [6.45, 7) is 2.46. The SMILES string of the molecule is COC(=O)c1scc(C)c1S(=O)(=O)N1CCC(N)CC1.Cl. The Labute approximate surface area is 134 Å². The zero-order valence-electron chi connectivity index (χ0n) is 11.9. The van der Waals surface area contributed by atoms with Gasteiger partial charge in [-0.2, -0.15) is 4.31 Å². The van der Waals surface area contributed by atoms with Crippen LogP contribution in [0.5, 0.6) is 0 Å². The maximum absolute atomic E-state index is 12.7. The van der Waals surface area contributed by atoms with Gasteiger partial charge in [0.1, 0.15) is 9.77 Å². The van der Waals surface area contributed by atoms with E-state index in [1.165, 1.54) is 11.4 Å². The van der Waals surface area contributed by atoms with Crippen LogP contribution in [0, 0.1) is 6.92 Å². The molecule has 6 nitrogen and oxygen atoms in total. The Morgan fingerprint density at radius 2 is 2.00 bits per heavy atom. The van der Waals surface area contributed by atoms with E-state index < -0.39 is 16.0 Å². The number of hydrogen-bond acceptors (Lipinski definition) is 6. The number of rotatable bonds is 3. The second-order valence-corrected chi connectivity index (χ2v) is 7.56. The number of nitrogens with two attached hydrogens (primary N) is 1. The van der Waals surface area contributed by atoms with Gasteiger partial charge in [0, 0.05) is 19.1 Å². The van der Waals surface area contributed by atoms with Gasteiger partial charge in [0.2, 0.25) is 10.0 Å². The van der Waals surface area contributed by atoms with Crippen molar-refractivity contribution in [2.75, 3.05) is 20.2 Å². The van der Waals surface area contributed by atoms with E-state index in [9.17, 15) is 13.2 Å². The smallest absolute Gasteiger partial charge is 0.349 e. The van der Waals surface area contributed by atoms with Crippen molar-refractivity contribution >= 4 is 39.7 Å². The van der Waals surface area contributed by atoms with Gasteiger partial charge in [-0.25, -0.2) is 13.2 Å². The van der Waals surface area contributed by atoms with E-state index in [1.807, 2.05) is 0 Å². The zero-order chi connectivity index (χ0) is 14.9. The summed E-state index contributed by atoms with van der Waals surface area (Å²) >= 11 is 1.10. The van der Waals surface area contributed by atoms with Crippen LogP contribution in [0.15, 0.2) is 10.3 Å². The van der Waals surface area contributed by atoms with Crippen molar-refractivity contribution < 1.29 is 17.9 Å². The molecule has 0 aliphatic carbocycles. The Kier molecular flexibility index (Phi) is 6.18. The molecule has 2 rings (SSSR count). The van der Waals surface area contributed by atoms with E-state index in [0.717, 1.165) is 11.3 Å². The van der Waals surface area contributed by atoms with Gasteiger partial charge in [0.05, 0.1) is 7.11 Å². The summed E-state index contributed by atoms with van der Waals surface area (Å²) in [6.07, 6.45) is 1.27.